The van der Waals surface area contributed by atoms with Gasteiger partial charge >= 0.3 is 6.36 Å². The van der Waals surface area contributed by atoms with Crippen LogP contribution < -0.4 is 10.5 Å². The van der Waals surface area contributed by atoms with Crippen LogP contribution in [0.4, 0.5) is 13.2 Å². The predicted octanol–water partition coefficient (Wildman–Crippen LogP) is 5.47. The van der Waals surface area contributed by atoms with Crippen molar-refractivity contribution in [2.24, 2.45) is 5.73 Å². The minimum atomic E-state index is -4.71. The van der Waals surface area contributed by atoms with Gasteiger partial charge in [0.15, 0.2) is 0 Å². The highest BCUT2D eigenvalue weighted by molar-refractivity contribution is 9.10. The van der Waals surface area contributed by atoms with Crippen LogP contribution in [0.2, 0.25) is 5.02 Å². The Morgan fingerprint density at radius 1 is 1.09 bits per heavy atom. The first-order chi connectivity index (χ1) is 9.76. The van der Waals surface area contributed by atoms with Crippen molar-refractivity contribution >= 4 is 39.9 Å². The van der Waals surface area contributed by atoms with E-state index in [9.17, 15) is 13.2 Å². The maximum Gasteiger partial charge on any atom is 0.573 e. The lowest BCUT2D eigenvalue weighted by Crippen LogP contribution is -2.17. The van der Waals surface area contributed by atoms with Gasteiger partial charge in [0, 0.05) is 9.50 Å². The average molecular weight is 417 g/mol. The molecule has 8 heteroatoms. The van der Waals surface area contributed by atoms with Crippen molar-refractivity contribution in [1.82, 2.24) is 0 Å². The third-order valence-electron chi connectivity index (χ3n) is 2.77. The molecule has 0 unspecified atom stereocenters. The first-order valence-corrected chi connectivity index (χ1v) is 6.99. The maximum absolute atomic E-state index is 12.1. The van der Waals surface area contributed by atoms with Crippen LogP contribution in [0.5, 0.6) is 5.75 Å². The fourth-order valence-electron chi connectivity index (χ4n) is 1.81. The van der Waals surface area contributed by atoms with Crippen LogP contribution in [0.15, 0.2) is 46.9 Å². The summed E-state index contributed by atoms with van der Waals surface area (Å²) in [4.78, 5) is 0. The lowest BCUT2D eigenvalue weighted by Gasteiger charge is -2.15. The smallest absolute Gasteiger partial charge is 0.406 e. The lowest BCUT2D eigenvalue weighted by molar-refractivity contribution is -0.274. The molecule has 0 saturated heterocycles. The average Bonchev–Trinajstić information content (AvgIpc) is 2.37. The van der Waals surface area contributed by atoms with Crippen LogP contribution in [-0.2, 0) is 0 Å². The number of ether oxygens (including phenoxy) is 1. The summed E-state index contributed by atoms with van der Waals surface area (Å²) in [6.45, 7) is 0. The second-order valence-electron chi connectivity index (χ2n) is 4.26. The summed E-state index contributed by atoms with van der Waals surface area (Å²) in [5.74, 6) is -0.284. The van der Waals surface area contributed by atoms with Crippen LogP contribution in [0.25, 0.3) is 0 Å². The zero-order chi connectivity index (χ0) is 15.6. The van der Waals surface area contributed by atoms with Crippen molar-refractivity contribution in [1.29, 1.82) is 0 Å². The topological polar surface area (TPSA) is 35.2 Å². The van der Waals surface area contributed by atoms with Crippen LogP contribution in [0, 0.1) is 0 Å². The number of halogens is 6. The molecule has 2 rings (SSSR count). The van der Waals surface area contributed by atoms with Gasteiger partial charge in [0.2, 0.25) is 0 Å². The predicted molar refractivity (Wildman–Crippen MR) is 85.6 cm³/mol. The van der Waals surface area contributed by atoms with Gasteiger partial charge < -0.3 is 10.5 Å². The van der Waals surface area contributed by atoms with Gasteiger partial charge in [0.1, 0.15) is 5.75 Å². The third-order valence-corrected chi connectivity index (χ3v) is 3.69. The van der Waals surface area contributed by atoms with Crippen molar-refractivity contribution in [3.8, 4) is 5.75 Å². The molecule has 2 N–H and O–H groups in total. The highest BCUT2D eigenvalue weighted by Crippen LogP contribution is 2.30. The number of rotatable bonds is 3. The number of benzene rings is 2. The Kier molecular flexibility index (Phi) is 6.55. The molecule has 0 aliphatic heterocycles. The van der Waals surface area contributed by atoms with E-state index in [0.29, 0.717) is 10.6 Å². The summed E-state index contributed by atoms with van der Waals surface area (Å²) in [5.41, 5.74) is 7.55. The molecule has 2 aromatic rings. The molecule has 0 aromatic heterocycles. The van der Waals surface area contributed by atoms with Crippen molar-refractivity contribution < 1.29 is 17.9 Å². The molecule has 2 aromatic carbocycles. The first-order valence-electron chi connectivity index (χ1n) is 5.82. The SMILES string of the molecule is Cl.N[C@H](c1ccc(OC(F)(F)F)cc1)c1ccc(Cl)cc1Br. The van der Waals surface area contributed by atoms with E-state index in [1.165, 1.54) is 24.3 Å². The normalized spacial score (nSPS) is 12.5. The Balaban J connectivity index is 0.00000242. The molecular weight excluding hydrogens is 406 g/mol. The van der Waals surface area contributed by atoms with Gasteiger partial charge in [-0.05, 0) is 35.4 Å². The largest absolute Gasteiger partial charge is 0.573 e. The molecule has 0 heterocycles. The number of nitrogens with two attached hydrogens (primary N) is 1. The molecule has 120 valence electrons. The summed E-state index contributed by atoms with van der Waals surface area (Å²) in [6.07, 6.45) is -4.71. The van der Waals surface area contributed by atoms with Gasteiger partial charge in [0.25, 0.3) is 0 Å². The second-order valence-corrected chi connectivity index (χ2v) is 5.55. The Hall–Kier alpha value is -0.950. The highest BCUT2D eigenvalue weighted by Gasteiger charge is 2.31. The summed E-state index contributed by atoms with van der Waals surface area (Å²) in [7, 11) is 0. The summed E-state index contributed by atoms with van der Waals surface area (Å²) in [5, 5.41) is 0.562. The fraction of sp³-hybridized carbons (Fsp3) is 0.143. The monoisotopic (exact) mass is 415 g/mol. The standard InChI is InChI=1S/C14H10BrClF3NO.ClH/c15-12-7-9(16)3-6-11(12)13(20)8-1-4-10(5-2-8)21-14(17,18)19;/h1-7,13H,20H2;1H/t13-;/m1./s1. The Bertz CT molecular complexity index is 635. The van der Waals surface area contributed by atoms with Crippen LogP contribution in [-0.4, -0.2) is 6.36 Å². The summed E-state index contributed by atoms with van der Waals surface area (Å²) in [6, 6.07) is 10.1. The molecule has 0 spiro atoms. The molecular formula is C14H11BrCl2F3NO. The second kappa shape index (κ2) is 7.55. The quantitative estimate of drug-likeness (QED) is 0.719. The maximum atomic E-state index is 12.1. The number of hydrogen-bond acceptors (Lipinski definition) is 2. The molecule has 0 fully saturated rings. The van der Waals surface area contributed by atoms with Crippen LogP contribution >= 0.6 is 39.9 Å². The zero-order valence-corrected chi connectivity index (χ0v) is 14.1. The molecule has 0 radical (unpaired) electrons. The van der Waals surface area contributed by atoms with E-state index < -0.39 is 12.4 Å². The molecule has 0 amide bonds. The molecule has 0 aliphatic rings. The Morgan fingerprint density at radius 3 is 2.18 bits per heavy atom. The molecule has 0 saturated carbocycles. The van der Waals surface area contributed by atoms with Gasteiger partial charge in [-0.15, -0.1) is 25.6 Å². The minimum absolute atomic E-state index is 0. The zero-order valence-electron chi connectivity index (χ0n) is 10.9. The highest BCUT2D eigenvalue weighted by atomic mass is 79.9. The van der Waals surface area contributed by atoms with Crippen molar-refractivity contribution in [2.75, 3.05) is 0 Å². The molecule has 0 aliphatic carbocycles. The Labute approximate surface area is 144 Å². The molecule has 0 bridgehead atoms. The third kappa shape index (κ3) is 5.05. The minimum Gasteiger partial charge on any atom is -0.406 e. The van der Waals surface area contributed by atoms with E-state index in [2.05, 4.69) is 20.7 Å². The fourth-order valence-corrected chi connectivity index (χ4v) is 2.74. The van der Waals surface area contributed by atoms with E-state index >= 15 is 0 Å². The molecule has 1 atom stereocenters. The summed E-state index contributed by atoms with van der Waals surface area (Å²) >= 11 is 9.22. The van der Waals surface area contributed by atoms with Gasteiger partial charge in [-0.1, -0.05) is 45.7 Å². The molecule has 2 nitrogen and oxygen atoms in total. The van der Waals surface area contributed by atoms with Gasteiger partial charge in [-0.25, -0.2) is 0 Å². The van der Waals surface area contributed by atoms with E-state index in [-0.39, 0.29) is 18.2 Å². The van der Waals surface area contributed by atoms with E-state index in [1.54, 1.807) is 18.2 Å². The van der Waals surface area contributed by atoms with E-state index in [0.717, 1.165) is 10.0 Å². The van der Waals surface area contributed by atoms with Gasteiger partial charge in [0.05, 0.1) is 6.04 Å². The van der Waals surface area contributed by atoms with Crippen molar-refractivity contribution in [2.45, 2.75) is 12.4 Å². The van der Waals surface area contributed by atoms with E-state index in [1.807, 2.05) is 0 Å². The van der Waals surface area contributed by atoms with Crippen LogP contribution in [0.3, 0.4) is 0 Å². The van der Waals surface area contributed by atoms with Crippen molar-refractivity contribution in [3.05, 3.63) is 63.1 Å². The lowest BCUT2D eigenvalue weighted by atomic mass is 10.00. The van der Waals surface area contributed by atoms with Crippen molar-refractivity contribution in [3.63, 3.8) is 0 Å². The van der Waals surface area contributed by atoms with E-state index in [4.69, 9.17) is 17.3 Å². The number of hydrogen-bond donors (Lipinski definition) is 1. The molecule has 22 heavy (non-hydrogen) atoms. The van der Waals surface area contributed by atoms with Gasteiger partial charge in [-0.3, -0.25) is 0 Å². The number of alkyl halides is 3. The van der Waals surface area contributed by atoms with Gasteiger partial charge in [-0.2, -0.15) is 0 Å². The Morgan fingerprint density at radius 2 is 1.68 bits per heavy atom. The summed E-state index contributed by atoms with van der Waals surface area (Å²) < 4.78 is 40.8. The first kappa shape index (κ1) is 19.1. The van der Waals surface area contributed by atoms with Crippen LogP contribution in [0.1, 0.15) is 17.2 Å².